The average molecular weight is 446 g/mol. The maximum atomic E-state index is 12.4. The van der Waals surface area contributed by atoms with Crippen LogP contribution in [0.4, 0.5) is 4.79 Å². The van der Waals surface area contributed by atoms with E-state index in [0.717, 1.165) is 0 Å². The van der Waals surface area contributed by atoms with E-state index in [4.69, 9.17) is 14.2 Å². The van der Waals surface area contributed by atoms with Crippen LogP contribution in [0.2, 0.25) is 0 Å². The molecule has 1 atom stereocenters. The Hall–Kier alpha value is -2.85. The summed E-state index contributed by atoms with van der Waals surface area (Å²) < 4.78 is 15.2. The summed E-state index contributed by atoms with van der Waals surface area (Å²) in [7, 11) is 0. The van der Waals surface area contributed by atoms with Gasteiger partial charge in [0.2, 0.25) is 0 Å². The zero-order valence-corrected chi connectivity index (χ0v) is 19.8. The molecule has 0 aromatic carbocycles. The number of amides is 3. The largest absolute Gasteiger partial charge is 0.459 e. The lowest BCUT2D eigenvalue weighted by Gasteiger charge is -2.25. The van der Waals surface area contributed by atoms with E-state index in [0.29, 0.717) is 0 Å². The van der Waals surface area contributed by atoms with Crippen LogP contribution in [-0.2, 0) is 33.4 Å². The molecular weight excluding hydrogens is 410 g/mol. The molecule has 3 amide bonds. The van der Waals surface area contributed by atoms with Crippen molar-refractivity contribution in [1.82, 2.24) is 16.0 Å². The van der Waals surface area contributed by atoms with Crippen LogP contribution in [-0.4, -0.2) is 65.8 Å². The second-order valence-corrected chi connectivity index (χ2v) is 9.71. The molecule has 0 aromatic heterocycles. The SMILES string of the molecule is CC(C)(C)OC(=O)CNC(=O)N[C@@H](CNC(=O)C(=O)OC(C)(C)C)C(=O)OC(C)(C)C. The normalized spacial score (nSPS) is 12.8. The number of rotatable bonds is 6. The van der Waals surface area contributed by atoms with Crippen LogP contribution in [0.5, 0.6) is 0 Å². The van der Waals surface area contributed by atoms with E-state index in [1.165, 1.54) is 0 Å². The topological polar surface area (TPSA) is 149 Å². The minimum absolute atomic E-state index is 0.436. The first kappa shape index (κ1) is 28.1. The maximum Gasteiger partial charge on any atom is 0.397 e. The standard InChI is InChI=1S/C20H35N3O8/c1-18(2,3)29-13(24)11-22-17(28)23-12(15(26)30-19(4,5)6)10-21-14(25)16(27)31-20(7,8)9/h12H,10-11H2,1-9H3,(H,21,25)(H2,22,23,28)/t12-/m0/s1. The third-order valence-corrected chi connectivity index (χ3v) is 2.86. The highest BCUT2D eigenvalue weighted by atomic mass is 16.6. The van der Waals surface area contributed by atoms with Gasteiger partial charge in [-0.05, 0) is 62.3 Å². The Morgan fingerprint density at radius 3 is 1.65 bits per heavy atom. The number of hydrogen-bond donors (Lipinski definition) is 3. The van der Waals surface area contributed by atoms with Crippen LogP contribution in [0.25, 0.3) is 0 Å². The Labute approximate surface area is 182 Å². The number of urea groups is 1. The molecule has 0 aliphatic carbocycles. The van der Waals surface area contributed by atoms with E-state index in [1.54, 1.807) is 62.3 Å². The summed E-state index contributed by atoms with van der Waals surface area (Å²) in [5.41, 5.74) is -2.46. The minimum Gasteiger partial charge on any atom is -0.459 e. The Kier molecular flexibility index (Phi) is 9.96. The molecule has 0 aromatic rings. The van der Waals surface area contributed by atoms with E-state index < -0.39 is 65.8 Å². The van der Waals surface area contributed by atoms with Crippen LogP contribution >= 0.6 is 0 Å². The van der Waals surface area contributed by atoms with Crippen molar-refractivity contribution < 1.29 is 38.2 Å². The van der Waals surface area contributed by atoms with Crippen LogP contribution in [0, 0.1) is 0 Å². The van der Waals surface area contributed by atoms with E-state index in [9.17, 15) is 24.0 Å². The molecule has 0 rings (SSSR count). The molecule has 0 heterocycles. The number of carbonyl (C=O) groups excluding carboxylic acids is 5. The summed E-state index contributed by atoms with van der Waals surface area (Å²) >= 11 is 0. The van der Waals surface area contributed by atoms with Gasteiger partial charge in [0.15, 0.2) is 0 Å². The van der Waals surface area contributed by atoms with Crippen molar-refractivity contribution in [2.75, 3.05) is 13.1 Å². The van der Waals surface area contributed by atoms with E-state index >= 15 is 0 Å². The Morgan fingerprint density at radius 1 is 0.710 bits per heavy atom. The van der Waals surface area contributed by atoms with Crippen molar-refractivity contribution in [3.8, 4) is 0 Å². The summed E-state index contributed by atoms with van der Waals surface area (Å²) in [6.45, 7) is 13.8. The van der Waals surface area contributed by atoms with Gasteiger partial charge in [-0.3, -0.25) is 9.59 Å². The van der Waals surface area contributed by atoms with Gasteiger partial charge in [-0.2, -0.15) is 0 Å². The van der Waals surface area contributed by atoms with E-state index in [2.05, 4.69) is 16.0 Å². The Morgan fingerprint density at radius 2 is 1.19 bits per heavy atom. The molecule has 11 nitrogen and oxygen atoms in total. The van der Waals surface area contributed by atoms with E-state index in [-0.39, 0.29) is 0 Å². The number of nitrogens with one attached hydrogen (secondary N) is 3. The fraction of sp³-hybridized carbons (Fsp3) is 0.750. The second-order valence-electron chi connectivity index (χ2n) is 9.71. The number of hydrogen-bond acceptors (Lipinski definition) is 8. The minimum atomic E-state index is -1.33. The van der Waals surface area contributed by atoms with Crippen molar-refractivity contribution in [2.24, 2.45) is 0 Å². The molecule has 0 saturated carbocycles. The summed E-state index contributed by atoms with van der Waals surface area (Å²) in [6, 6.07) is -2.20. The van der Waals surface area contributed by atoms with Crippen LogP contribution < -0.4 is 16.0 Å². The van der Waals surface area contributed by atoms with Crippen molar-refractivity contribution in [1.29, 1.82) is 0 Å². The predicted octanol–water partition coefficient (Wildman–Crippen LogP) is 0.796. The summed E-state index contributed by atoms with van der Waals surface area (Å²) in [4.78, 5) is 60.0. The highest BCUT2D eigenvalue weighted by molar-refractivity contribution is 6.32. The molecular formula is C20H35N3O8. The summed E-state index contributed by atoms with van der Waals surface area (Å²) in [5.74, 6) is -3.73. The van der Waals surface area contributed by atoms with Crippen LogP contribution in [0.3, 0.4) is 0 Å². The smallest absolute Gasteiger partial charge is 0.397 e. The molecule has 3 N–H and O–H groups in total. The predicted molar refractivity (Wildman–Crippen MR) is 111 cm³/mol. The molecule has 0 aliphatic rings. The lowest BCUT2D eigenvalue weighted by Crippen LogP contribution is -2.54. The summed E-state index contributed by atoms with van der Waals surface area (Å²) in [6.07, 6.45) is 0. The fourth-order valence-electron chi connectivity index (χ4n) is 1.90. The van der Waals surface area contributed by atoms with Crippen molar-refractivity contribution in [3.05, 3.63) is 0 Å². The molecule has 0 aliphatic heterocycles. The lowest BCUT2D eigenvalue weighted by atomic mass is 10.2. The van der Waals surface area contributed by atoms with Crippen LogP contribution in [0.15, 0.2) is 0 Å². The van der Waals surface area contributed by atoms with Gasteiger partial charge in [0, 0.05) is 6.54 Å². The highest BCUT2D eigenvalue weighted by Gasteiger charge is 2.29. The Balaban J connectivity index is 5.01. The van der Waals surface area contributed by atoms with Gasteiger partial charge in [0.25, 0.3) is 0 Å². The van der Waals surface area contributed by atoms with Gasteiger partial charge in [-0.25, -0.2) is 14.4 Å². The van der Waals surface area contributed by atoms with Crippen molar-refractivity contribution in [2.45, 2.75) is 85.2 Å². The maximum absolute atomic E-state index is 12.4. The number of esters is 3. The number of carbonyl (C=O) groups is 5. The van der Waals surface area contributed by atoms with Crippen molar-refractivity contribution in [3.63, 3.8) is 0 Å². The molecule has 0 spiro atoms. The monoisotopic (exact) mass is 445 g/mol. The molecule has 178 valence electrons. The molecule has 0 fully saturated rings. The molecule has 31 heavy (non-hydrogen) atoms. The van der Waals surface area contributed by atoms with Gasteiger partial charge < -0.3 is 30.2 Å². The molecule has 0 bridgehead atoms. The zero-order valence-electron chi connectivity index (χ0n) is 19.8. The first-order chi connectivity index (χ1) is 13.8. The third-order valence-electron chi connectivity index (χ3n) is 2.86. The number of ether oxygens (including phenoxy) is 3. The van der Waals surface area contributed by atoms with Crippen LogP contribution in [0.1, 0.15) is 62.3 Å². The average Bonchev–Trinajstić information content (AvgIpc) is 2.51. The first-order valence-electron chi connectivity index (χ1n) is 9.79. The molecule has 0 unspecified atom stereocenters. The van der Waals surface area contributed by atoms with Gasteiger partial charge in [-0.15, -0.1) is 0 Å². The first-order valence-corrected chi connectivity index (χ1v) is 9.79. The Bertz CT molecular complexity index is 684. The van der Waals surface area contributed by atoms with E-state index in [1.807, 2.05) is 0 Å². The van der Waals surface area contributed by atoms with Gasteiger partial charge in [-0.1, -0.05) is 0 Å². The van der Waals surface area contributed by atoms with Gasteiger partial charge >= 0.3 is 29.8 Å². The zero-order chi connectivity index (χ0) is 24.6. The summed E-state index contributed by atoms with van der Waals surface area (Å²) in [5, 5.41) is 6.78. The van der Waals surface area contributed by atoms with Gasteiger partial charge in [0.05, 0.1) is 0 Å². The van der Waals surface area contributed by atoms with Crippen molar-refractivity contribution >= 4 is 29.8 Å². The van der Waals surface area contributed by atoms with Gasteiger partial charge in [0.1, 0.15) is 29.4 Å². The molecule has 11 heteroatoms. The third kappa shape index (κ3) is 14.7. The molecule has 0 saturated heterocycles. The molecule has 0 radical (unpaired) electrons. The second kappa shape index (κ2) is 11.0. The lowest BCUT2D eigenvalue weighted by molar-refractivity contribution is -0.164. The highest BCUT2D eigenvalue weighted by Crippen LogP contribution is 2.09. The quantitative estimate of drug-likeness (QED) is 0.309. The fourth-order valence-corrected chi connectivity index (χ4v) is 1.90.